The molecule has 0 aromatic heterocycles. The van der Waals surface area contributed by atoms with E-state index in [0.717, 1.165) is 45.6 Å². The van der Waals surface area contributed by atoms with Crippen molar-refractivity contribution in [1.29, 1.82) is 0 Å². The number of piperazine rings is 1. The maximum absolute atomic E-state index is 12.7. The molecule has 118 valence electrons. The van der Waals surface area contributed by atoms with E-state index in [1.807, 2.05) is 4.90 Å². The van der Waals surface area contributed by atoms with Crippen LogP contribution in [0.5, 0.6) is 0 Å². The van der Waals surface area contributed by atoms with Crippen molar-refractivity contribution < 1.29 is 4.79 Å². The fourth-order valence-corrected chi connectivity index (χ4v) is 3.09. The van der Waals surface area contributed by atoms with Gasteiger partial charge in [0.1, 0.15) is 0 Å². The zero-order chi connectivity index (χ0) is 15.1. The lowest BCUT2D eigenvalue weighted by Gasteiger charge is -2.39. The van der Waals surface area contributed by atoms with Crippen LogP contribution < -0.4 is 5.32 Å². The Kier molecular flexibility index (Phi) is 7.52. The number of carbonyl (C=O) groups excluding carboxylic acids is 1. The Hall–Kier alpha value is -0.610. The van der Waals surface area contributed by atoms with Crippen molar-refractivity contribution in [2.75, 3.05) is 32.7 Å². The highest BCUT2D eigenvalue weighted by molar-refractivity contribution is 5.81. The molecule has 4 nitrogen and oxygen atoms in total. The molecule has 1 saturated heterocycles. The van der Waals surface area contributed by atoms with E-state index in [1.54, 1.807) is 0 Å². The molecule has 0 radical (unpaired) electrons. The van der Waals surface area contributed by atoms with E-state index >= 15 is 0 Å². The Balaban J connectivity index is 2.74. The third kappa shape index (κ3) is 4.74. The van der Waals surface area contributed by atoms with Crippen LogP contribution in [0.1, 0.15) is 47.5 Å². The van der Waals surface area contributed by atoms with E-state index in [2.05, 4.69) is 44.8 Å². The summed E-state index contributed by atoms with van der Waals surface area (Å²) >= 11 is 0. The lowest BCUT2D eigenvalue weighted by molar-refractivity contribution is -0.138. The number of nitrogens with one attached hydrogen (secondary N) is 1. The Labute approximate surface area is 124 Å². The van der Waals surface area contributed by atoms with Gasteiger partial charge in [-0.3, -0.25) is 9.69 Å². The van der Waals surface area contributed by atoms with Gasteiger partial charge in [0.15, 0.2) is 0 Å². The highest BCUT2D eigenvalue weighted by atomic mass is 16.2. The fourth-order valence-electron chi connectivity index (χ4n) is 3.09. The third-order valence-electron chi connectivity index (χ3n) is 4.27. The minimum Gasteiger partial charge on any atom is -0.339 e. The molecule has 1 heterocycles. The summed E-state index contributed by atoms with van der Waals surface area (Å²) in [5.41, 5.74) is 0. The maximum atomic E-state index is 12.7. The molecule has 1 N–H and O–H groups in total. The molecule has 1 unspecified atom stereocenters. The first kappa shape index (κ1) is 17.4. The minimum atomic E-state index is 0.000370. The first-order valence-corrected chi connectivity index (χ1v) is 8.26. The molecular formula is C16H33N3O. The van der Waals surface area contributed by atoms with Crippen LogP contribution in [0.3, 0.4) is 0 Å². The van der Waals surface area contributed by atoms with Gasteiger partial charge in [0, 0.05) is 38.8 Å². The summed E-state index contributed by atoms with van der Waals surface area (Å²) in [6, 6.07) is 0.514. The van der Waals surface area contributed by atoms with Gasteiger partial charge in [0.25, 0.3) is 0 Å². The minimum absolute atomic E-state index is 0.000370. The first-order chi connectivity index (χ1) is 9.51. The zero-order valence-corrected chi connectivity index (χ0v) is 14.0. The van der Waals surface area contributed by atoms with E-state index < -0.39 is 0 Å². The average molecular weight is 283 g/mol. The average Bonchev–Trinajstić information content (AvgIpc) is 2.46. The van der Waals surface area contributed by atoms with Gasteiger partial charge in [-0.1, -0.05) is 27.7 Å². The number of amides is 1. The molecule has 0 spiro atoms. The number of hydrogen-bond donors (Lipinski definition) is 1. The fraction of sp³-hybridized carbons (Fsp3) is 0.938. The summed E-state index contributed by atoms with van der Waals surface area (Å²) in [6.07, 6.45) is 2.23. The molecular weight excluding hydrogens is 250 g/mol. The van der Waals surface area contributed by atoms with E-state index in [-0.39, 0.29) is 6.04 Å². The van der Waals surface area contributed by atoms with Crippen LogP contribution in [0.2, 0.25) is 0 Å². The summed E-state index contributed by atoms with van der Waals surface area (Å²) < 4.78 is 0. The lowest BCUT2D eigenvalue weighted by Crippen LogP contribution is -2.55. The molecule has 0 aliphatic carbocycles. The monoisotopic (exact) mass is 283 g/mol. The van der Waals surface area contributed by atoms with Gasteiger partial charge < -0.3 is 10.2 Å². The Morgan fingerprint density at radius 3 is 2.15 bits per heavy atom. The van der Waals surface area contributed by atoms with Crippen molar-refractivity contribution in [2.24, 2.45) is 5.92 Å². The second-order valence-corrected chi connectivity index (χ2v) is 6.31. The molecule has 1 atom stereocenters. The predicted molar refractivity (Wildman–Crippen MR) is 84.8 cm³/mol. The van der Waals surface area contributed by atoms with E-state index in [9.17, 15) is 4.79 Å². The van der Waals surface area contributed by atoms with Gasteiger partial charge in [0.05, 0.1) is 6.04 Å². The van der Waals surface area contributed by atoms with Crippen LogP contribution in [0.25, 0.3) is 0 Å². The zero-order valence-electron chi connectivity index (χ0n) is 14.0. The summed E-state index contributed by atoms with van der Waals surface area (Å²) in [4.78, 5) is 17.2. The number of hydrogen-bond acceptors (Lipinski definition) is 3. The van der Waals surface area contributed by atoms with Gasteiger partial charge in [-0.25, -0.2) is 0 Å². The van der Waals surface area contributed by atoms with Crippen LogP contribution in [0.15, 0.2) is 0 Å². The van der Waals surface area contributed by atoms with E-state index in [4.69, 9.17) is 0 Å². The van der Waals surface area contributed by atoms with Gasteiger partial charge in [-0.15, -0.1) is 0 Å². The molecule has 0 saturated carbocycles. The molecule has 1 rings (SSSR count). The Morgan fingerprint density at radius 1 is 1.15 bits per heavy atom. The van der Waals surface area contributed by atoms with Crippen LogP contribution in [-0.2, 0) is 4.79 Å². The van der Waals surface area contributed by atoms with Gasteiger partial charge >= 0.3 is 0 Å². The molecule has 1 amide bonds. The Morgan fingerprint density at radius 2 is 1.70 bits per heavy atom. The summed E-state index contributed by atoms with van der Waals surface area (Å²) in [5, 5.41) is 3.31. The summed E-state index contributed by atoms with van der Waals surface area (Å²) in [5.74, 6) is 0.896. The SMILES string of the molecule is CCC(CC)N(CC(C)C)C(C)C(=O)N1CCNCC1. The van der Waals surface area contributed by atoms with Crippen molar-refractivity contribution in [3.8, 4) is 0 Å². The quantitative estimate of drug-likeness (QED) is 0.776. The standard InChI is InChI=1S/C16H33N3O/c1-6-15(7-2)19(12-13(3)4)14(5)16(20)18-10-8-17-9-11-18/h13-15,17H,6-12H2,1-5H3. The van der Waals surface area contributed by atoms with Crippen molar-refractivity contribution in [3.63, 3.8) is 0 Å². The van der Waals surface area contributed by atoms with Gasteiger partial charge in [-0.05, 0) is 25.7 Å². The molecule has 1 aliphatic heterocycles. The number of nitrogens with zero attached hydrogens (tertiary/aromatic N) is 2. The van der Waals surface area contributed by atoms with Crippen LogP contribution in [-0.4, -0.2) is 60.5 Å². The highest BCUT2D eigenvalue weighted by Gasteiger charge is 2.30. The van der Waals surface area contributed by atoms with Crippen molar-refractivity contribution in [3.05, 3.63) is 0 Å². The molecule has 0 aromatic carbocycles. The normalized spacial score (nSPS) is 18.1. The predicted octanol–water partition coefficient (Wildman–Crippen LogP) is 1.95. The second kappa shape index (κ2) is 8.63. The molecule has 4 heteroatoms. The number of rotatable bonds is 7. The molecule has 1 fully saturated rings. The number of carbonyl (C=O) groups is 1. The van der Waals surface area contributed by atoms with E-state index in [1.165, 1.54) is 0 Å². The smallest absolute Gasteiger partial charge is 0.239 e. The van der Waals surface area contributed by atoms with Crippen molar-refractivity contribution >= 4 is 5.91 Å². The van der Waals surface area contributed by atoms with Crippen molar-refractivity contribution in [2.45, 2.75) is 59.5 Å². The maximum Gasteiger partial charge on any atom is 0.239 e. The molecule has 20 heavy (non-hydrogen) atoms. The van der Waals surface area contributed by atoms with E-state index in [0.29, 0.717) is 17.9 Å². The molecule has 0 bridgehead atoms. The van der Waals surface area contributed by atoms with Crippen molar-refractivity contribution in [1.82, 2.24) is 15.1 Å². The molecule has 0 aromatic rings. The van der Waals surface area contributed by atoms with Crippen LogP contribution in [0, 0.1) is 5.92 Å². The topological polar surface area (TPSA) is 35.6 Å². The molecule has 1 aliphatic rings. The lowest BCUT2D eigenvalue weighted by atomic mass is 10.0. The van der Waals surface area contributed by atoms with Gasteiger partial charge in [-0.2, -0.15) is 0 Å². The largest absolute Gasteiger partial charge is 0.339 e. The van der Waals surface area contributed by atoms with Crippen LogP contribution in [0.4, 0.5) is 0 Å². The summed E-state index contributed by atoms with van der Waals surface area (Å²) in [6.45, 7) is 15.6. The van der Waals surface area contributed by atoms with Gasteiger partial charge in [0.2, 0.25) is 5.91 Å². The third-order valence-corrected chi connectivity index (χ3v) is 4.27. The highest BCUT2D eigenvalue weighted by Crippen LogP contribution is 2.17. The Bertz CT molecular complexity index is 283. The first-order valence-electron chi connectivity index (χ1n) is 8.26. The second-order valence-electron chi connectivity index (χ2n) is 6.31. The summed E-state index contributed by atoms with van der Waals surface area (Å²) in [7, 11) is 0. The van der Waals surface area contributed by atoms with Crippen LogP contribution >= 0.6 is 0 Å².